The van der Waals surface area contributed by atoms with E-state index in [0.717, 1.165) is 30.8 Å². The highest BCUT2D eigenvalue weighted by Gasteiger charge is 2.21. The molecule has 0 aromatic carbocycles. The summed E-state index contributed by atoms with van der Waals surface area (Å²) in [6.45, 7) is 6.97. The Morgan fingerprint density at radius 1 is 1.58 bits per heavy atom. The Kier molecular flexibility index (Phi) is 3.15. The lowest BCUT2D eigenvalue weighted by atomic mass is 10.2. The fourth-order valence-electron chi connectivity index (χ4n) is 1.32. The molecule has 0 heterocycles. The molecule has 70 valence electrons. The van der Waals surface area contributed by atoms with Crippen LogP contribution in [0.2, 0.25) is 0 Å². The largest absolute Gasteiger partial charge is 0.498 e. The summed E-state index contributed by atoms with van der Waals surface area (Å²) in [7, 11) is 0. The summed E-state index contributed by atoms with van der Waals surface area (Å²) >= 11 is 0. The first-order valence-electron chi connectivity index (χ1n) is 4.61. The average Bonchev–Trinajstić information content (AvgIpc) is 2.30. The van der Waals surface area contributed by atoms with Gasteiger partial charge < -0.3 is 9.84 Å². The lowest BCUT2D eigenvalue weighted by Gasteiger charge is -2.10. The summed E-state index contributed by atoms with van der Waals surface area (Å²) in [5.41, 5.74) is 1.02. The van der Waals surface area contributed by atoms with E-state index in [1.54, 1.807) is 0 Å². The van der Waals surface area contributed by atoms with E-state index in [4.69, 9.17) is 4.74 Å². The van der Waals surface area contributed by atoms with Crippen LogP contribution in [0.15, 0.2) is 11.3 Å². The van der Waals surface area contributed by atoms with Gasteiger partial charge in [-0.1, -0.05) is 13.8 Å². The van der Waals surface area contributed by atoms with E-state index in [0.29, 0.717) is 5.92 Å². The first-order chi connectivity index (χ1) is 5.61. The number of ether oxygens (including phenoxy) is 1. The molecule has 0 fully saturated rings. The van der Waals surface area contributed by atoms with Crippen molar-refractivity contribution in [3.05, 3.63) is 11.3 Å². The van der Waals surface area contributed by atoms with E-state index in [2.05, 4.69) is 13.8 Å². The van der Waals surface area contributed by atoms with Crippen molar-refractivity contribution in [3.8, 4) is 0 Å². The summed E-state index contributed by atoms with van der Waals surface area (Å²) in [4.78, 5) is 0. The maximum atomic E-state index is 9.40. The Morgan fingerprint density at radius 2 is 2.25 bits per heavy atom. The quantitative estimate of drug-likeness (QED) is 0.702. The van der Waals surface area contributed by atoms with Gasteiger partial charge in [0.2, 0.25) is 0 Å². The Hall–Kier alpha value is -0.500. The van der Waals surface area contributed by atoms with Crippen molar-refractivity contribution in [2.75, 3.05) is 6.61 Å². The topological polar surface area (TPSA) is 29.5 Å². The van der Waals surface area contributed by atoms with Crippen LogP contribution in [0.5, 0.6) is 0 Å². The third kappa shape index (κ3) is 2.24. The highest BCUT2D eigenvalue weighted by atomic mass is 16.5. The van der Waals surface area contributed by atoms with E-state index >= 15 is 0 Å². The summed E-state index contributed by atoms with van der Waals surface area (Å²) in [6, 6.07) is 0. The van der Waals surface area contributed by atoms with E-state index in [1.165, 1.54) is 0 Å². The lowest BCUT2D eigenvalue weighted by molar-refractivity contribution is 0.172. The van der Waals surface area contributed by atoms with Crippen LogP contribution in [0.3, 0.4) is 0 Å². The standard InChI is InChI=1S/C10H18O2/c1-7(2)6-12-10-5-4-9(11)8(10)3/h7,9,11H,4-6H2,1-3H3. The Balaban J connectivity index is 2.42. The second kappa shape index (κ2) is 3.94. The first-order valence-corrected chi connectivity index (χ1v) is 4.61. The molecule has 1 rings (SSSR count). The molecule has 1 aliphatic rings. The second-order valence-electron chi connectivity index (χ2n) is 3.87. The predicted octanol–water partition coefficient (Wildman–Crippen LogP) is 2.09. The number of allylic oxidation sites excluding steroid dienone is 1. The van der Waals surface area contributed by atoms with Crippen LogP contribution >= 0.6 is 0 Å². The number of hydrogen-bond donors (Lipinski definition) is 1. The molecule has 0 saturated heterocycles. The van der Waals surface area contributed by atoms with E-state index < -0.39 is 0 Å². The third-order valence-electron chi connectivity index (χ3n) is 2.18. The molecule has 0 aromatic heterocycles. The molecule has 0 bridgehead atoms. The molecule has 0 radical (unpaired) electrons. The first kappa shape index (κ1) is 9.59. The van der Waals surface area contributed by atoms with Crippen molar-refractivity contribution >= 4 is 0 Å². The maximum Gasteiger partial charge on any atom is 0.0975 e. The second-order valence-corrected chi connectivity index (χ2v) is 3.87. The van der Waals surface area contributed by atoms with Crippen molar-refractivity contribution < 1.29 is 9.84 Å². The summed E-state index contributed by atoms with van der Waals surface area (Å²) in [5.74, 6) is 1.57. The molecule has 0 aromatic rings. The highest BCUT2D eigenvalue weighted by Crippen LogP contribution is 2.26. The van der Waals surface area contributed by atoms with Crippen molar-refractivity contribution in [2.45, 2.75) is 39.7 Å². The number of hydrogen-bond acceptors (Lipinski definition) is 2. The molecule has 1 atom stereocenters. The van der Waals surface area contributed by atoms with Gasteiger partial charge in [-0.15, -0.1) is 0 Å². The number of rotatable bonds is 3. The van der Waals surface area contributed by atoms with Gasteiger partial charge in [-0.3, -0.25) is 0 Å². The van der Waals surface area contributed by atoms with Gasteiger partial charge in [-0.25, -0.2) is 0 Å². The molecule has 12 heavy (non-hydrogen) atoms. The van der Waals surface area contributed by atoms with Gasteiger partial charge in [0.05, 0.1) is 18.5 Å². The normalized spacial score (nSPS) is 23.9. The monoisotopic (exact) mass is 170 g/mol. The van der Waals surface area contributed by atoms with Gasteiger partial charge in [0, 0.05) is 6.42 Å². The molecule has 0 spiro atoms. The predicted molar refractivity (Wildman–Crippen MR) is 48.7 cm³/mol. The Labute approximate surface area is 74.2 Å². The van der Waals surface area contributed by atoms with Crippen LogP contribution in [0.1, 0.15) is 33.6 Å². The van der Waals surface area contributed by atoms with Gasteiger partial charge in [0.25, 0.3) is 0 Å². The highest BCUT2D eigenvalue weighted by molar-refractivity contribution is 5.16. The van der Waals surface area contributed by atoms with Crippen molar-refractivity contribution in [2.24, 2.45) is 5.92 Å². The molecule has 0 amide bonds. The molecular formula is C10H18O2. The van der Waals surface area contributed by atoms with Crippen molar-refractivity contribution in [3.63, 3.8) is 0 Å². The minimum atomic E-state index is -0.257. The molecular weight excluding hydrogens is 152 g/mol. The van der Waals surface area contributed by atoms with Gasteiger partial charge in [-0.05, 0) is 24.8 Å². The molecule has 1 aliphatic carbocycles. The fourth-order valence-corrected chi connectivity index (χ4v) is 1.32. The zero-order valence-electron chi connectivity index (χ0n) is 8.13. The van der Waals surface area contributed by atoms with Crippen LogP contribution in [-0.2, 0) is 4.74 Å². The van der Waals surface area contributed by atoms with E-state index in [-0.39, 0.29) is 6.10 Å². The van der Waals surface area contributed by atoms with E-state index in [1.807, 2.05) is 6.92 Å². The van der Waals surface area contributed by atoms with Crippen LogP contribution in [0.25, 0.3) is 0 Å². The van der Waals surface area contributed by atoms with Crippen molar-refractivity contribution in [1.29, 1.82) is 0 Å². The van der Waals surface area contributed by atoms with Gasteiger partial charge in [-0.2, -0.15) is 0 Å². The Morgan fingerprint density at radius 3 is 2.67 bits per heavy atom. The molecule has 1 N–H and O–H groups in total. The molecule has 2 nitrogen and oxygen atoms in total. The van der Waals surface area contributed by atoms with Gasteiger partial charge >= 0.3 is 0 Å². The van der Waals surface area contributed by atoms with E-state index in [9.17, 15) is 5.11 Å². The number of aliphatic hydroxyl groups is 1. The van der Waals surface area contributed by atoms with Crippen LogP contribution < -0.4 is 0 Å². The van der Waals surface area contributed by atoms with Crippen LogP contribution in [0.4, 0.5) is 0 Å². The Bertz CT molecular complexity index is 182. The maximum absolute atomic E-state index is 9.40. The minimum Gasteiger partial charge on any atom is -0.498 e. The zero-order chi connectivity index (χ0) is 9.14. The lowest BCUT2D eigenvalue weighted by Crippen LogP contribution is -2.03. The fraction of sp³-hybridized carbons (Fsp3) is 0.800. The van der Waals surface area contributed by atoms with Gasteiger partial charge in [0.1, 0.15) is 0 Å². The van der Waals surface area contributed by atoms with Crippen LogP contribution in [0, 0.1) is 5.92 Å². The minimum absolute atomic E-state index is 0.257. The molecule has 2 heteroatoms. The smallest absolute Gasteiger partial charge is 0.0975 e. The van der Waals surface area contributed by atoms with Crippen molar-refractivity contribution in [1.82, 2.24) is 0 Å². The SMILES string of the molecule is CC1=C(OCC(C)C)CCC1O. The van der Waals surface area contributed by atoms with Gasteiger partial charge in [0.15, 0.2) is 0 Å². The average molecular weight is 170 g/mol. The van der Waals surface area contributed by atoms with Crippen LogP contribution in [-0.4, -0.2) is 17.8 Å². The molecule has 0 saturated carbocycles. The zero-order valence-corrected chi connectivity index (χ0v) is 8.13. The summed E-state index contributed by atoms with van der Waals surface area (Å²) in [5, 5.41) is 9.40. The molecule has 0 aliphatic heterocycles. The summed E-state index contributed by atoms with van der Waals surface area (Å²) in [6.07, 6.45) is 1.48. The molecule has 1 unspecified atom stereocenters. The summed E-state index contributed by atoms with van der Waals surface area (Å²) < 4.78 is 5.57. The number of aliphatic hydroxyl groups excluding tert-OH is 1. The third-order valence-corrected chi connectivity index (χ3v) is 2.18.